The van der Waals surface area contributed by atoms with Crippen LogP contribution in [0.15, 0.2) is 146 Å². The number of hydrogen-bond acceptors (Lipinski definition) is 0. The fraction of sp³-hybridized carbons (Fsp3) is 0.0943. The van der Waals surface area contributed by atoms with Crippen molar-refractivity contribution in [3.63, 3.8) is 0 Å². The van der Waals surface area contributed by atoms with Crippen molar-refractivity contribution in [2.45, 2.75) is 33.1 Å². The van der Waals surface area contributed by atoms with Crippen molar-refractivity contribution in [3.05, 3.63) is 190 Å². The van der Waals surface area contributed by atoms with Crippen LogP contribution in [0.3, 0.4) is 0 Å². The Morgan fingerprint density at radius 3 is 2.02 bits per heavy atom. The molecule has 0 heteroatoms. The minimum Gasteiger partial charge on any atom is -0.0961 e. The molecule has 0 aliphatic heterocycles. The second-order valence-corrected chi connectivity index (χ2v) is 15.1. The fourth-order valence-electron chi connectivity index (χ4n) is 9.38. The molecule has 0 saturated carbocycles. The Morgan fingerprint density at radius 1 is 0.585 bits per heavy atom. The van der Waals surface area contributed by atoms with Crippen LogP contribution in [0.25, 0.3) is 90.7 Å². The number of benzene rings is 7. The van der Waals surface area contributed by atoms with E-state index < -0.39 is 0 Å². The molecule has 0 amide bonds. The number of fused-ring (bicyclic) bond motifs is 6. The van der Waals surface area contributed by atoms with Gasteiger partial charge < -0.3 is 0 Å². The largest absolute Gasteiger partial charge is 0.0961 e. The van der Waals surface area contributed by atoms with Gasteiger partial charge in [-0.05, 0) is 127 Å². The van der Waals surface area contributed by atoms with Crippen LogP contribution >= 0.6 is 0 Å². The third-order valence-corrected chi connectivity index (χ3v) is 11.5. The highest BCUT2D eigenvalue weighted by Gasteiger charge is 2.41. The van der Waals surface area contributed by atoms with Gasteiger partial charge in [-0.3, -0.25) is 0 Å². The number of allylic oxidation sites excluding steroid dienone is 3. The van der Waals surface area contributed by atoms with Gasteiger partial charge in [0.15, 0.2) is 0 Å². The van der Waals surface area contributed by atoms with Gasteiger partial charge in [-0.2, -0.15) is 0 Å². The van der Waals surface area contributed by atoms with Crippen LogP contribution in [-0.4, -0.2) is 0 Å². The lowest BCUT2D eigenvalue weighted by Crippen LogP contribution is -2.05. The molecule has 0 spiro atoms. The van der Waals surface area contributed by atoms with Crippen LogP contribution in [0.5, 0.6) is 0 Å². The summed E-state index contributed by atoms with van der Waals surface area (Å²) in [7, 11) is 0. The first-order chi connectivity index (χ1) is 26.0. The lowest BCUT2D eigenvalue weighted by atomic mass is 9.77. The van der Waals surface area contributed by atoms with E-state index in [9.17, 15) is 0 Å². The average Bonchev–Trinajstić information content (AvgIpc) is 3.68. The Morgan fingerprint density at radius 2 is 1.26 bits per heavy atom. The minimum atomic E-state index is 0.256. The summed E-state index contributed by atoms with van der Waals surface area (Å²) in [6.45, 7) is 10.7. The van der Waals surface area contributed by atoms with Crippen molar-refractivity contribution in [3.8, 4) is 55.6 Å². The smallest absolute Gasteiger partial charge is 0.0149 e. The molecule has 0 saturated heterocycles. The molecular weight excluding hydrogens is 637 g/mol. The molecule has 0 fully saturated rings. The van der Waals surface area contributed by atoms with Gasteiger partial charge in [-0.15, -0.1) is 0 Å². The van der Waals surface area contributed by atoms with Crippen LogP contribution in [0.1, 0.15) is 63.8 Å². The lowest BCUT2D eigenvalue weighted by molar-refractivity contribution is 0.846. The second kappa shape index (κ2) is 12.2. The molecule has 3 aliphatic rings. The summed E-state index contributed by atoms with van der Waals surface area (Å²) >= 11 is 0. The van der Waals surface area contributed by atoms with E-state index in [1.807, 2.05) is 0 Å². The molecule has 3 aliphatic carbocycles. The van der Waals surface area contributed by atoms with E-state index in [0.29, 0.717) is 0 Å². The van der Waals surface area contributed by atoms with E-state index in [1.54, 1.807) is 0 Å². The summed E-state index contributed by atoms with van der Waals surface area (Å²) in [5.74, 6) is 0.256. The molecule has 0 N–H and O–H groups in total. The molecular formula is C53H40. The highest BCUT2D eigenvalue weighted by molar-refractivity contribution is 6.25. The van der Waals surface area contributed by atoms with Crippen LogP contribution in [0.2, 0.25) is 0 Å². The second-order valence-electron chi connectivity index (χ2n) is 15.1. The van der Waals surface area contributed by atoms with Crippen LogP contribution < -0.4 is 0 Å². The highest BCUT2D eigenvalue weighted by atomic mass is 14.4. The lowest BCUT2D eigenvalue weighted by Gasteiger charge is -2.25. The van der Waals surface area contributed by atoms with Gasteiger partial charge in [-0.1, -0.05) is 181 Å². The monoisotopic (exact) mass is 676 g/mol. The summed E-state index contributed by atoms with van der Waals surface area (Å²) in [4.78, 5) is 0. The van der Waals surface area contributed by atoms with Crippen molar-refractivity contribution in [2.24, 2.45) is 0 Å². The fourth-order valence-corrected chi connectivity index (χ4v) is 9.38. The van der Waals surface area contributed by atoms with Gasteiger partial charge in [-0.25, -0.2) is 0 Å². The van der Waals surface area contributed by atoms with Crippen LogP contribution in [-0.2, 0) is 0 Å². The van der Waals surface area contributed by atoms with E-state index in [-0.39, 0.29) is 5.92 Å². The van der Waals surface area contributed by atoms with E-state index in [0.717, 1.165) is 12.0 Å². The van der Waals surface area contributed by atoms with E-state index in [4.69, 9.17) is 0 Å². The van der Waals surface area contributed by atoms with Crippen molar-refractivity contribution in [2.75, 3.05) is 0 Å². The zero-order valence-electron chi connectivity index (χ0n) is 30.5. The molecule has 0 heterocycles. The molecule has 252 valence electrons. The Kier molecular flexibility index (Phi) is 7.24. The Labute approximate surface area is 312 Å². The zero-order chi connectivity index (χ0) is 35.8. The minimum absolute atomic E-state index is 0.256. The normalized spacial score (nSPS) is 14.7. The van der Waals surface area contributed by atoms with Crippen molar-refractivity contribution in [1.29, 1.82) is 0 Å². The maximum Gasteiger partial charge on any atom is 0.0149 e. The molecule has 0 radical (unpaired) electrons. The number of rotatable bonds is 6. The molecule has 7 aromatic carbocycles. The molecule has 10 rings (SSSR count). The van der Waals surface area contributed by atoms with E-state index in [2.05, 4.69) is 185 Å². The average molecular weight is 677 g/mol. The molecule has 0 nitrogen and oxygen atoms in total. The number of aryl methyl sites for hydroxylation is 2. The standard InChI is InChI=1S/C53H40/c1-32(2)22-24-36-26-28-44-48-40(36)18-10-20-42(48)50-46(38-16-8-12-33(3)30-38)53-45-29-27-37(25-23-35-14-6-5-7-15-35)41-19-11-21-43(49(41)45)51(53)47(52(44)50)39-17-9-13-34(4)31-39/h5-20,22-31,43H,1,21H2,2-4H3. The van der Waals surface area contributed by atoms with E-state index in [1.165, 1.54) is 111 Å². The molecule has 1 unspecified atom stereocenters. The van der Waals surface area contributed by atoms with Crippen LogP contribution in [0.4, 0.5) is 0 Å². The molecule has 0 bridgehead atoms. The Balaban J connectivity index is 1.34. The predicted octanol–water partition coefficient (Wildman–Crippen LogP) is 14.7. The first-order valence-corrected chi connectivity index (χ1v) is 18.8. The van der Waals surface area contributed by atoms with Gasteiger partial charge in [0.1, 0.15) is 0 Å². The SMILES string of the molecule is C=C(C)C=Cc1ccc2c3c(cccc13)-c1c(-c3cccc(C)c3)c3c(c(-c4cccc(C)c4)c1-2)C1CC=Cc2c(C=Cc4ccccc4)ccc-3c21. The first-order valence-electron chi connectivity index (χ1n) is 18.8. The topological polar surface area (TPSA) is 0 Å². The highest BCUT2D eigenvalue weighted by Crippen LogP contribution is 2.64. The summed E-state index contributed by atoms with van der Waals surface area (Å²) in [5.41, 5.74) is 25.1. The van der Waals surface area contributed by atoms with Gasteiger partial charge in [0.05, 0.1) is 0 Å². The predicted molar refractivity (Wildman–Crippen MR) is 229 cm³/mol. The quantitative estimate of drug-likeness (QED) is 0.121. The maximum absolute atomic E-state index is 4.15. The van der Waals surface area contributed by atoms with Crippen molar-refractivity contribution >= 4 is 35.1 Å². The summed E-state index contributed by atoms with van der Waals surface area (Å²) < 4.78 is 0. The maximum atomic E-state index is 4.15. The summed E-state index contributed by atoms with van der Waals surface area (Å²) in [6, 6.07) is 45.4. The summed E-state index contributed by atoms with van der Waals surface area (Å²) in [5, 5.41) is 2.64. The first kappa shape index (κ1) is 31.5. The van der Waals surface area contributed by atoms with Crippen molar-refractivity contribution in [1.82, 2.24) is 0 Å². The van der Waals surface area contributed by atoms with Gasteiger partial charge in [0.2, 0.25) is 0 Å². The summed E-state index contributed by atoms with van der Waals surface area (Å²) in [6.07, 6.45) is 14.7. The third-order valence-electron chi connectivity index (χ3n) is 11.5. The van der Waals surface area contributed by atoms with Gasteiger partial charge >= 0.3 is 0 Å². The van der Waals surface area contributed by atoms with Crippen LogP contribution in [0, 0.1) is 13.8 Å². The molecule has 0 aromatic heterocycles. The molecule has 7 aromatic rings. The molecule has 1 atom stereocenters. The molecule has 53 heavy (non-hydrogen) atoms. The van der Waals surface area contributed by atoms with Crippen molar-refractivity contribution < 1.29 is 0 Å². The Hall–Kier alpha value is -6.24. The third kappa shape index (κ3) is 4.90. The van der Waals surface area contributed by atoms with E-state index >= 15 is 0 Å². The number of hydrogen-bond donors (Lipinski definition) is 0. The Bertz CT molecular complexity index is 2780. The zero-order valence-corrected chi connectivity index (χ0v) is 30.5. The van der Waals surface area contributed by atoms with Gasteiger partial charge in [0, 0.05) is 5.92 Å². The van der Waals surface area contributed by atoms with Gasteiger partial charge in [0.25, 0.3) is 0 Å².